The van der Waals surface area contributed by atoms with Crippen molar-refractivity contribution in [1.82, 2.24) is 0 Å². The Labute approximate surface area is 131 Å². The molecule has 3 rings (SSSR count). The number of nitrogens with zero attached hydrogens (tertiary/aromatic N) is 1. The number of hydrogen-bond donors (Lipinski definition) is 0. The van der Waals surface area contributed by atoms with Crippen LogP contribution in [-0.4, -0.2) is 19.6 Å². The number of rotatable bonds is 4. The van der Waals surface area contributed by atoms with Crippen LogP contribution < -0.4 is 9.64 Å². The lowest BCUT2D eigenvalue weighted by molar-refractivity contribution is -0.120. The predicted octanol–water partition coefficient (Wildman–Crippen LogP) is 3.61. The van der Waals surface area contributed by atoms with Crippen molar-refractivity contribution in [3.63, 3.8) is 0 Å². The number of likely N-dealkylation sites (N-methyl/N-ethyl adjacent to an activating group) is 1. The molecule has 3 heteroatoms. The zero-order valence-corrected chi connectivity index (χ0v) is 12.9. The van der Waals surface area contributed by atoms with Gasteiger partial charge in [0.15, 0.2) is 6.61 Å². The molecule has 0 aliphatic heterocycles. The number of amides is 1. The summed E-state index contributed by atoms with van der Waals surface area (Å²) in [5.41, 5.74) is 3.67. The zero-order valence-electron chi connectivity index (χ0n) is 12.9. The molecule has 22 heavy (non-hydrogen) atoms. The molecule has 2 aromatic rings. The van der Waals surface area contributed by atoms with E-state index < -0.39 is 0 Å². The maximum absolute atomic E-state index is 12.2. The SMILES string of the molecule is CN(C(=O)COc1ccc2c(c1)CCCC2)c1ccccc1. The van der Waals surface area contributed by atoms with E-state index in [2.05, 4.69) is 12.1 Å². The summed E-state index contributed by atoms with van der Waals surface area (Å²) in [5.74, 6) is 0.736. The molecule has 0 unspecified atom stereocenters. The van der Waals surface area contributed by atoms with Crippen molar-refractivity contribution in [3.05, 3.63) is 59.7 Å². The summed E-state index contributed by atoms with van der Waals surface area (Å²) in [4.78, 5) is 13.8. The number of anilines is 1. The van der Waals surface area contributed by atoms with Gasteiger partial charge in [-0.25, -0.2) is 0 Å². The summed E-state index contributed by atoms with van der Waals surface area (Å²) in [6.07, 6.45) is 4.79. The molecule has 1 aliphatic carbocycles. The molecule has 1 aliphatic rings. The Morgan fingerprint density at radius 3 is 2.55 bits per heavy atom. The van der Waals surface area contributed by atoms with Gasteiger partial charge in [-0.05, 0) is 61.1 Å². The first-order valence-electron chi connectivity index (χ1n) is 7.80. The van der Waals surface area contributed by atoms with Gasteiger partial charge in [-0.2, -0.15) is 0 Å². The van der Waals surface area contributed by atoms with Crippen molar-refractivity contribution < 1.29 is 9.53 Å². The van der Waals surface area contributed by atoms with Gasteiger partial charge in [-0.15, -0.1) is 0 Å². The highest BCUT2D eigenvalue weighted by atomic mass is 16.5. The molecule has 0 N–H and O–H groups in total. The Morgan fingerprint density at radius 1 is 1.05 bits per heavy atom. The van der Waals surface area contributed by atoms with Crippen molar-refractivity contribution in [3.8, 4) is 5.75 Å². The van der Waals surface area contributed by atoms with Crippen molar-refractivity contribution >= 4 is 11.6 Å². The van der Waals surface area contributed by atoms with E-state index >= 15 is 0 Å². The van der Waals surface area contributed by atoms with E-state index in [1.54, 1.807) is 11.9 Å². The Bertz CT molecular complexity index is 652. The molecule has 0 heterocycles. The van der Waals surface area contributed by atoms with Crippen molar-refractivity contribution in [2.75, 3.05) is 18.6 Å². The van der Waals surface area contributed by atoms with Crippen LogP contribution in [0.3, 0.4) is 0 Å². The van der Waals surface area contributed by atoms with Crippen molar-refractivity contribution in [2.24, 2.45) is 0 Å². The third kappa shape index (κ3) is 3.30. The van der Waals surface area contributed by atoms with Gasteiger partial charge in [0.1, 0.15) is 5.75 Å². The normalized spacial score (nSPS) is 13.3. The maximum Gasteiger partial charge on any atom is 0.264 e. The van der Waals surface area contributed by atoms with Gasteiger partial charge in [0.2, 0.25) is 0 Å². The largest absolute Gasteiger partial charge is 0.484 e. The molecule has 1 amide bonds. The lowest BCUT2D eigenvalue weighted by Gasteiger charge is -2.19. The fraction of sp³-hybridized carbons (Fsp3) is 0.316. The predicted molar refractivity (Wildman–Crippen MR) is 88.4 cm³/mol. The third-order valence-corrected chi connectivity index (χ3v) is 4.20. The van der Waals surface area contributed by atoms with Gasteiger partial charge in [0.25, 0.3) is 5.91 Å². The van der Waals surface area contributed by atoms with Crippen molar-refractivity contribution in [2.45, 2.75) is 25.7 Å². The Hall–Kier alpha value is -2.29. The number of para-hydroxylation sites is 1. The van der Waals surface area contributed by atoms with Crippen LogP contribution in [-0.2, 0) is 17.6 Å². The van der Waals surface area contributed by atoms with E-state index in [1.807, 2.05) is 36.4 Å². The highest BCUT2D eigenvalue weighted by Crippen LogP contribution is 2.25. The molecule has 114 valence electrons. The number of ether oxygens (including phenoxy) is 1. The van der Waals surface area contributed by atoms with Gasteiger partial charge >= 0.3 is 0 Å². The minimum Gasteiger partial charge on any atom is -0.484 e. The Kier molecular flexibility index (Phi) is 4.42. The average molecular weight is 295 g/mol. The van der Waals surface area contributed by atoms with Crippen LogP contribution in [0.2, 0.25) is 0 Å². The van der Waals surface area contributed by atoms with Gasteiger partial charge < -0.3 is 9.64 Å². The van der Waals surface area contributed by atoms with Gasteiger partial charge in [0.05, 0.1) is 0 Å². The van der Waals surface area contributed by atoms with Crippen LogP contribution in [0.25, 0.3) is 0 Å². The second-order valence-electron chi connectivity index (χ2n) is 5.71. The molecule has 0 fully saturated rings. The van der Waals surface area contributed by atoms with Crippen molar-refractivity contribution in [1.29, 1.82) is 0 Å². The molecule has 3 nitrogen and oxygen atoms in total. The first kappa shape index (κ1) is 14.6. The molecule has 0 spiro atoms. The summed E-state index contributed by atoms with van der Waals surface area (Å²) in [6.45, 7) is 0.0597. The number of hydrogen-bond acceptors (Lipinski definition) is 2. The number of carbonyl (C=O) groups is 1. The smallest absolute Gasteiger partial charge is 0.264 e. The van der Waals surface area contributed by atoms with Gasteiger partial charge in [-0.3, -0.25) is 4.79 Å². The standard InChI is InChI=1S/C19H21NO2/c1-20(17-9-3-2-4-10-17)19(21)14-22-18-12-11-15-7-5-6-8-16(15)13-18/h2-4,9-13H,5-8,14H2,1H3. The van der Waals surface area contributed by atoms with E-state index in [9.17, 15) is 4.79 Å². The molecule has 0 bridgehead atoms. The summed E-state index contributed by atoms with van der Waals surface area (Å²) >= 11 is 0. The van der Waals surface area contributed by atoms with E-state index in [0.29, 0.717) is 0 Å². The molecular weight excluding hydrogens is 274 g/mol. The monoisotopic (exact) mass is 295 g/mol. The van der Waals surface area contributed by atoms with E-state index in [1.165, 1.54) is 24.0 Å². The molecule has 0 atom stereocenters. The van der Waals surface area contributed by atoms with E-state index in [0.717, 1.165) is 24.3 Å². The number of benzene rings is 2. The molecular formula is C19H21NO2. The third-order valence-electron chi connectivity index (χ3n) is 4.20. The highest BCUT2D eigenvalue weighted by Gasteiger charge is 2.13. The molecule has 0 aromatic heterocycles. The summed E-state index contributed by atoms with van der Waals surface area (Å²) in [5, 5.41) is 0. The van der Waals surface area contributed by atoms with Crippen LogP contribution in [0, 0.1) is 0 Å². The minimum atomic E-state index is -0.0519. The first-order valence-corrected chi connectivity index (χ1v) is 7.80. The van der Waals surface area contributed by atoms with E-state index in [-0.39, 0.29) is 12.5 Å². The zero-order chi connectivity index (χ0) is 15.4. The lowest BCUT2D eigenvalue weighted by Crippen LogP contribution is -2.31. The fourth-order valence-electron chi connectivity index (χ4n) is 2.84. The van der Waals surface area contributed by atoms with Crippen LogP contribution in [0.5, 0.6) is 5.75 Å². The van der Waals surface area contributed by atoms with Crippen LogP contribution >= 0.6 is 0 Å². The number of aryl methyl sites for hydroxylation is 2. The highest BCUT2D eigenvalue weighted by molar-refractivity contribution is 5.93. The summed E-state index contributed by atoms with van der Waals surface area (Å²) in [6, 6.07) is 15.8. The maximum atomic E-state index is 12.2. The Morgan fingerprint density at radius 2 is 1.77 bits per heavy atom. The fourth-order valence-corrected chi connectivity index (χ4v) is 2.84. The summed E-state index contributed by atoms with van der Waals surface area (Å²) in [7, 11) is 1.77. The minimum absolute atomic E-state index is 0.0519. The number of fused-ring (bicyclic) bond motifs is 1. The first-order chi connectivity index (χ1) is 10.7. The second-order valence-corrected chi connectivity index (χ2v) is 5.71. The molecule has 0 saturated heterocycles. The summed E-state index contributed by atoms with van der Waals surface area (Å²) < 4.78 is 5.69. The van der Waals surface area contributed by atoms with Crippen LogP contribution in [0.4, 0.5) is 5.69 Å². The average Bonchev–Trinajstić information content (AvgIpc) is 2.59. The molecule has 2 aromatic carbocycles. The Balaban J connectivity index is 1.61. The van der Waals surface area contributed by atoms with Crippen LogP contribution in [0.15, 0.2) is 48.5 Å². The topological polar surface area (TPSA) is 29.5 Å². The van der Waals surface area contributed by atoms with Gasteiger partial charge in [0, 0.05) is 12.7 Å². The van der Waals surface area contributed by atoms with Gasteiger partial charge in [-0.1, -0.05) is 24.3 Å². The van der Waals surface area contributed by atoms with E-state index in [4.69, 9.17) is 4.74 Å². The lowest BCUT2D eigenvalue weighted by atomic mass is 9.92. The quantitative estimate of drug-likeness (QED) is 0.862. The molecule has 0 radical (unpaired) electrons. The second kappa shape index (κ2) is 6.65. The van der Waals surface area contributed by atoms with Crippen LogP contribution in [0.1, 0.15) is 24.0 Å². The molecule has 0 saturated carbocycles. The number of carbonyl (C=O) groups excluding carboxylic acids is 1.